The number of nitrogens with one attached hydrogen (secondary N) is 1. The highest BCUT2D eigenvalue weighted by Crippen LogP contribution is 2.38. The van der Waals surface area contributed by atoms with E-state index in [0.29, 0.717) is 24.3 Å². The van der Waals surface area contributed by atoms with Gasteiger partial charge in [-0.05, 0) is 19.8 Å². The Hall–Kier alpha value is -0.900. The number of nitrogens with zero attached hydrogens (tertiary/aromatic N) is 4. The van der Waals surface area contributed by atoms with Gasteiger partial charge < -0.3 is 19.5 Å². The van der Waals surface area contributed by atoms with E-state index in [1.807, 2.05) is 0 Å². The Morgan fingerprint density at radius 3 is 2.88 bits per heavy atom. The minimum absolute atomic E-state index is 0. The van der Waals surface area contributed by atoms with Gasteiger partial charge in [0.15, 0.2) is 11.8 Å². The number of aromatic nitrogens is 2. The molecule has 0 radical (unpaired) electrons. The molecule has 1 N–H and O–H groups in total. The molecule has 2 aliphatic heterocycles. The number of hydrogen-bond donors (Lipinski definition) is 1. The Morgan fingerprint density at radius 1 is 1.40 bits per heavy atom. The molecule has 2 aliphatic rings. The molecule has 1 spiro atoms. The van der Waals surface area contributed by atoms with Crippen molar-refractivity contribution in [3.63, 3.8) is 0 Å². The molecule has 2 fully saturated rings. The van der Waals surface area contributed by atoms with Gasteiger partial charge in [0.2, 0.25) is 5.89 Å². The second-order valence-electron chi connectivity index (χ2n) is 7.16. The predicted octanol–water partition coefficient (Wildman–Crippen LogP) is 2.43. The quantitative estimate of drug-likeness (QED) is 0.411. The lowest BCUT2D eigenvalue weighted by Gasteiger charge is -2.24. The van der Waals surface area contributed by atoms with Crippen LogP contribution >= 0.6 is 24.0 Å². The van der Waals surface area contributed by atoms with Crippen molar-refractivity contribution >= 4 is 29.9 Å². The summed E-state index contributed by atoms with van der Waals surface area (Å²) in [6, 6.07) is 0. The van der Waals surface area contributed by atoms with E-state index >= 15 is 0 Å². The lowest BCUT2D eigenvalue weighted by molar-refractivity contribution is 0.156. The van der Waals surface area contributed by atoms with Crippen LogP contribution in [0.4, 0.5) is 0 Å². The zero-order chi connectivity index (χ0) is 17.0. The topological polar surface area (TPSA) is 75.8 Å². The largest absolute Gasteiger partial charge is 0.381 e. The molecule has 142 valence electrons. The molecule has 3 heterocycles. The van der Waals surface area contributed by atoms with Crippen molar-refractivity contribution in [1.82, 2.24) is 20.4 Å². The van der Waals surface area contributed by atoms with E-state index < -0.39 is 0 Å². The predicted molar refractivity (Wildman–Crippen MR) is 108 cm³/mol. The number of aliphatic imine (C=N–C) groups is 1. The van der Waals surface area contributed by atoms with Gasteiger partial charge in [0.25, 0.3) is 0 Å². The molecule has 1 aromatic rings. The first kappa shape index (κ1) is 20.4. The average Bonchev–Trinajstić information content (AvgIpc) is 3.29. The van der Waals surface area contributed by atoms with Crippen LogP contribution in [-0.4, -0.2) is 60.4 Å². The molecule has 25 heavy (non-hydrogen) atoms. The van der Waals surface area contributed by atoms with Crippen LogP contribution in [-0.2, 0) is 11.2 Å². The lowest BCUT2D eigenvalue weighted by Crippen LogP contribution is -2.41. The van der Waals surface area contributed by atoms with Crippen molar-refractivity contribution in [2.75, 3.05) is 39.4 Å². The lowest BCUT2D eigenvalue weighted by atomic mass is 9.87. The summed E-state index contributed by atoms with van der Waals surface area (Å²) in [6.07, 6.45) is 3.04. The van der Waals surface area contributed by atoms with Gasteiger partial charge in [-0.15, -0.1) is 24.0 Å². The molecular weight excluding hydrogens is 433 g/mol. The number of halogens is 1. The normalized spacial score (nSPS) is 23.5. The Labute approximate surface area is 167 Å². The molecule has 0 amide bonds. The van der Waals surface area contributed by atoms with Crippen LogP contribution in [0.15, 0.2) is 9.52 Å². The summed E-state index contributed by atoms with van der Waals surface area (Å²) >= 11 is 0. The number of ether oxygens (including phenoxy) is 1. The highest BCUT2D eigenvalue weighted by Gasteiger charge is 2.42. The van der Waals surface area contributed by atoms with Gasteiger partial charge in [-0.1, -0.05) is 19.0 Å². The zero-order valence-corrected chi connectivity index (χ0v) is 17.8. The molecule has 1 atom stereocenters. The summed E-state index contributed by atoms with van der Waals surface area (Å²) in [7, 11) is 0. The number of rotatable bonds is 5. The molecule has 0 bridgehead atoms. The van der Waals surface area contributed by atoms with E-state index in [0.717, 1.165) is 44.6 Å². The standard InChI is InChI=1S/C17H29N5O2.HI/c1-4-18-16(22-9-6-17(11-22)7-10-23-12-17)19-8-5-14-20-15(13(2)3)21-24-14;/h13H,4-12H2,1-3H3,(H,18,19);1H. The van der Waals surface area contributed by atoms with Crippen molar-refractivity contribution in [1.29, 1.82) is 0 Å². The maximum Gasteiger partial charge on any atom is 0.228 e. The molecule has 3 rings (SSSR count). The molecule has 1 aromatic heterocycles. The number of likely N-dealkylation sites (tertiary alicyclic amines) is 1. The van der Waals surface area contributed by atoms with Crippen molar-refractivity contribution in [3.05, 3.63) is 11.7 Å². The Morgan fingerprint density at radius 2 is 2.24 bits per heavy atom. The van der Waals surface area contributed by atoms with Gasteiger partial charge >= 0.3 is 0 Å². The van der Waals surface area contributed by atoms with Crippen molar-refractivity contribution in [2.45, 2.75) is 46.0 Å². The van der Waals surface area contributed by atoms with Gasteiger partial charge in [-0.3, -0.25) is 4.99 Å². The summed E-state index contributed by atoms with van der Waals surface area (Å²) in [5, 5.41) is 7.41. The van der Waals surface area contributed by atoms with Crippen LogP contribution in [0.3, 0.4) is 0 Å². The second kappa shape index (κ2) is 9.16. The number of hydrogen-bond acceptors (Lipinski definition) is 5. The Kier molecular flexibility index (Phi) is 7.48. The Bertz CT molecular complexity index is 569. The van der Waals surface area contributed by atoms with Gasteiger partial charge in [-0.25, -0.2) is 0 Å². The maximum absolute atomic E-state index is 5.62. The second-order valence-corrected chi connectivity index (χ2v) is 7.16. The maximum atomic E-state index is 5.62. The number of guanidine groups is 1. The molecule has 8 heteroatoms. The van der Waals surface area contributed by atoms with Crippen molar-refractivity contribution < 1.29 is 9.26 Å². The first-order valence-electron chi connectivity index (χ1n) is 9.05. The van der Waals surface area contributed by atoms with Crippen LogP contribution in [0.5, 0.6) is 0 Å². The van der Waals surface area contributed by atoms with Crippen molar-refractivity contribution in [2.24, 2.45) is 10.4 Å². The molecule has 0 saturated carbocycles. The monoisotopic (exact) mass is 463 g/mol. The smallest absolute Gasteiger partial charge is 0.228 e. The fraction of sp³-hybridized carbons (Fsp3) is 0.824. The molecular formula is C17H30IN5O2. The fourth-order valence-corrected chi connectivity index (χ4v) is 3.37. The summed E-state index contributed by atoms with van der Waals surface area (Å²) in [6.45, 7) is 11.6. The fourth-order valence-electron chi connectivity index (χ4n) is 3.37. The van der Waals surface area contributed by atoms with Crippen molar-refractivity contribution in [3.8, 4) is 0 Å². The van der Waals surface area contributed by atoms with Crippen LogP contribution in [0.2, 0.25) is 0 Å². The third-order valence-corrected chi connectivity index (χ3v) is 4.85. The zero-order valence-electron chi connectivity index (χ0n) is 15.5. The average molecular weight is 463 g/mol. The molecule has 7 nitrogen and oxygen atoms in total. The van der Waals surface area contributed by atoms with E-state index in [2.05, 4.69) is 41.1 Å². The third kappa shape index (κ3) is 5.06. The molecule has 0 aromatic carbocycles. The van der Waals surface area contributed by atoms with Gasteiger partial charge in [0.05, 0.1) is 13.2 Å². The van der Waals surface area contributed by atoms with E-state index in [1.54, 1.807) is 0 Å². The highest BCUT2D eigenvalue weighted by molar-refractivity contribution is 14.0. The van der Waals surface area contributed by atoms with Crippen LogP contribution in [0, 0.1) is 5.41 Å². The van der Waals surface area contributed by atoms with E-state index in [4.69, 9.17) is 14.3 Å². The SMILES string of the molecule is CCNC(=NCCc1nc(C(C)C)no1)N1CCC2(CCOC2)C1.I. The Balaban J connectivity index is 0.00000225. The van der Waals surface area contributed by atoms with Gasteiger partial charge in [-0.2, -0.15) is 4.98 Å². The first-order valence-corrected chi connectivity index (χ1v) is 9.05. The van der Waals surface area contributed by atoms with Crippen LogP contribution in [0.1, 0.15) is 51.2 Å². The first-order chi connectivity index (χ1) is 11.6. The summed E-state index contributed by atoms with van der Waals surface area (Å²) in [5.41, 5.74) is 0.342. The molecule has 1 unspecified atom stereocenters. The third-order valence-electron chi connectivity index (χ3n) is 4.85. The van der Waals surface area contributed by atoms with E-state index in [-0.39, 0.29) is 29.9 Å². The summed E-state index contributed by atoms with van der Waals surface area (Å²) < 4.78 is 10.9. The minimum atomic E-state index is 0. The molecule has 2 saturated heterocycles. The molecule has 0 aliphatic carbocycles. The highest BCUT2D eigenvalue weighted by atomic mass is 127. The summed E-state index contributed by atoms with van der Waals surface area (Å²) in [5.74, 6) is 2.71. The van der Waals surface area contributed by atoms with Gasteiger partial charge in [0.1, 0.15) is 0 Å². The van der Waals surface area contributed by atoms with Gasteiger partial charge in [0, 0.05) is 44.0 Å². The van der Waals surface area contributed by atoms with E-state index in [9.17, 15) is 0 Å². The van der Waals surface area contributed by atoms with E-state index in [1.165, 1.54) is 12.8 Å². The minimum Gasteiger partial charge on any atom is -0.381 e. The van der Waals surface area contributed by atoms with Crippen LogP contribution in [0.25, 0.3) is 0 Å². The summed E-state index contributed by atoms with van der Waals surface area (Å²) in [4.78, 5) is 11.5. The van der Waals surface area contributed by atoms with Crippen LogP contribution < -0.4 is 5.32 Å².